The van der Waals surface area contributed by atoms with Crippen molar-refractivity contribution in [1.82, 2.24) is 19.9 Å². The van der Waals surface area contributed by atoms with Gasteiger partial charge in [-0.05, 0) is 84.5 Å². The van der Waals surface area contributed by atoms with Crippen molar-refractivity contribution in [3.63, 3.8) is 0 Å². The lowest BCUT2D eigenvalue weighted by Gasteiger charge is -2.04. The van der Waals surface area contributed by atoms with Crippen LogP contribution >= 0.6 is 0 Å². The van der Waals surface area contributed by atoms with E-state index in [1.54, 1.807) is 0 Å². The van der Waals surface area contributed by atoms with E-state index in [2.05, 4.69) is 108 Å². The van der Waals surface area contributed by atoms with Crippen molar-refractivity contribution in [1.29, 1.82) is 0 Å². The van der Waals surface area contributed by atoms with E-state index in [1.165, 1.54) is 0 Å². The number of hydrogen-bond donors (Lipinski definition) is 2. The van der Waals surface area contributed by atoms with Gasteiger partial charge in [0.2, 0.25) is 0 Å². The van der Waals surface area contributed by atoms with E-state index in [-0.39, 0.29) is 0 Å². The normalized spacial score (nSPS) is 12.4. The second kappa shape index (κ2) is 8.67. The molecule has 174 valence electrons. The number of rotatable bonds is 1. The Kier molecular flexibility index (Phi) is 5.32. The monoisotopic (exact) mass is 482 g/mol. The van der Waals surface area contributed by atoms with E-state index < -0.39 is 8.07 Å². The molecule has 0 aliphatic carbocycles. The van der Waals surface area contributed by atoms with Crippen LogP contribution < -0.4 is 0 Å². The van der Waals surface area contributed by atoms with Gasteiger partial charge in [-0.2, -0.15) is 0 Å². The van der Waals surface area contributed by atoms with Crippen LogP contribution in [0.1, 0.15) is 28.3 Å². The Morgan fingerprint density at radius 3 is 1.75 bits per heavy atom. The molecule has 4 nitrogen and oxygen atoms in total. The molecule has 2 N–H and O–H groups in total. The molecule has 1 aromatic carbocycles. The summed E-state index contributed by atoms with van der Waals surface area (Å²) in [5, 5.41) is 0. The van der Waals surface area contributed by atoms with Crippen LogP contribution in [0.15, 0.2) is 66.7 Å². The highest BCUT2D eigenvalue weighted by Gasteiger charge is 2.09. The highest BCUT2D eigenvalue weighted by atomic mass is 28.3. The van der Waals surface area contributed by atoms with Crippen LogP contribution in [0, 0.1) is 11.5 Å². The molecule has 6 rings (SSSR count). The van der Waals surface area contributed by atoms with Crippen LogP contribution in [-0.2, 0) is 0 Å². The summed E-state index contributed by atoms with van der Waals surface area (Å²) in [7, 11) is -1.41. The molecule has 0 fully saturated rings. The van der Waals surface area contributed by atoms with Crippen LogP contribution in [0.3, 0.4) is 0 Å². The standard InChI is InChI=1S/C31H26N4Si/c1-36(2,3)15-14-21-4-6-22(7-5-21)30-19-29-18-27-11-10-25(33-27)16-23-8-9-24(32-23)17-26-12-13-28(34-26)20-31(30)35-29/h4-13,16-20,32,35H,1-3H3. The lowest BCUT2D eigenvalue weighted by molar-refractivity contribution is 1.31. The van der Waals surface area contributed by atoms with Crippen molar-refractivity contribution in [2.24, 2.45) is 0 Å². The molecule has 0 spiro atoms. The zero-order chi connectivity index (χ0) is 24.7. The number of aromatic nitrogens is 4. The first-order valence-corrected chi connectivity index (χ1v) is 15.6. The lowest BCUT2D eigenvalue weighted by atomic mass is 10.0. The molecule has 0 saturated carbocycles. The van der Waals surface area contributed by atoms with Gasteiger partial charge in [-0.3, -0.25) is 0 Å². The van der Waals surface area contributed by atoms with Gasteiger partial charge in [-0.15, -0.1) is 5.54 Å². The van der Waals surface area contributed by atoms with Gasteiger partial charge in [-0.1, -0.05) is 37.7 Å². The van der Waals surface area contributed by atoms with Crippen LogP contribution in [0.25, 0.3) is 57.5 Å². The Bertz CT molecular complexity index is 1770. The average molecular weight is 483 g/mol. The van der Waals surface area contributed by atoms with Crippen LogP contribution in [0.5, 0.6) is 0 Å². The molecule has 0 radical (unpaired) electrons. The van der Waals surface area contributed by atoms with E-state index >= 15 is 0 Å². The third kappa shape index (κ3) is 4.86. The number of benzene rings is 1. The van der Waals surface area contributed by atoms with Crippen molar-refractivity contribution in [2.45, 2.75) is 19.6 Å². The first kappa shape index (κ1) is 22.1. The molecule has 8 bridgehead atoms. The number of aromatic amines is 2. The highest BCUT2D eigenvalue weighted by Crippen LogP contribution is 2.28. The summed E-state index contributed by atoms with van der Waals surface area (Å²) < 4.78 is 0. The van der Waals surface area contributed by atoms with E-state index in [0.717, 1.165) is 61.5 Å². The van der Waals surface area contributed by atoms with Gasteiger partial charge in [0.05, 0.1) is 22.8 Å². The molecule has 5 heterocycles. The SMILES string of the molecule is C[Si](C)(C)C#Cc1ccc(-c2cc3cc4nc(cc5ccc(cc6nc(cc2[nH]3)C=C6)[nH]5)C=C4)cc1. The maximum atomic E-state index is 4.82. The Balaban J connectivity index is 1.54. The Morgan fingerprint density at radius 1 is 0.611 bits per heavy atom. The highest BCUT2D eigenvalue weighted by molar-refractivity contribution is 6.83. The van der Waals surface area contributed by atoms with Crippen molar-refractivity contribution in [3.05, 3.63) is 95.1 Å². The van der Waals surface area contributed by atoms with Crippen LogP contribution in [-0.4, -0.2) is 28.0 Å². The van der Waals surface area contributed by atoms with Gasteiger partial charge in [0.15, 0.2) is 0 Å². The van der Waals surface area contributed by atoms with Crippen molar-refractivity contribution >= 4 is 54.4 Å². The third-order valence-corrected chi connectivity index (χ3v) is 6.82. The van der Waals surface area contributed by atoms with Crippen molar-refractivity contribution < 1.29 is 0 Å². The van der Waals surface area contributed by atoms with E-state index in [9.17, 15) is 0 Å². The molecule has 0 atom stereocenters. The fourth-order valence-corrected chi connectivity index (χ4v) is 4.77. The minimum atomic E-state index is -1.41. The maximum Gasteiger partial charge on any atom is 0.129 e. The zero-order valence-corrected chi connectivity index (χ0v) is 21.6. The van der Waals surface area contributed by atoms with Gasteiger partial charge in [0, 0.05) is 33.2 Å². The van der Waals surface area contributed by atoms with Gasteiger partial charge >= 0.3 is 0 Å². The Morgan fingerprint density at radius 2 is 1.17 bits per heavy atom. The number of nitrogens with zero attached hydrogens (tertiary/aromatic N) is 2. The first-order chi connectivity index (χ1) is 17.4. The molecular formula is C31H26N4Si. The summed E-state index contributed by atoms with van der Waals surface area (Å²) >= 11 is 0. The molecular weight excluding hydrogens is 456 g/mol. The molecule has 5 heteroatoms. The summed E-state index contributed by atoms with van der Waals surface area (Å²) in [5.41, 5.74) is 14.4. The Hall–Kier alpha value is -4.40. The summed E-state index contributed by atoms with van der Waals surface area (Å²) in [6.45, 7) is 6.78. The summed E-state index contributed by atoms with van der Waals surface area (Å²) in [5.74, 6) is 3.35. The lowest BCUT2D eigenvalue weighted by Crippen LogP contribution is -2.16. The van der Waals surface area contributed by atoms with Crippen LogP contribution in [0.4, 0.5) is 0 Å². The van der Waals surface area contributed by atoms with Crippen molar-refractivity contribution in [2.75, 3.05) is 0 Å². The number of nitrogens with one attached hydrogen (secondary N) is 2. The Labute approximate surface area is 211 Å². The second-order valence-corrected chi connectivity index (χ2v) is 14.9. The quantitative estimate of drug-likeness (QED) is 0.188. The molecule has 3 aromatic heterocycles. The summed E-state index contributed by atoms with van der Waals surface area (Å²) in [6, 6.07) is 23.1. The minimum Gasteiger partial charge on any atom is -0.355 e. The van der Waals surface area contributed by atoms with Gasteiger partial charge in [0.25, 0.3) is 0 Å². The predicted octanol–water partition coefficient (Wildman–Crippen LogP) is 7.55. The van der Waals surface area contributed by atoms with E-state index in [0.29, 0.717) is 0 Å². The van der Waals surface area contributed by atoms with Gasteiger partial charge in [0.1, 0.15) is 8.07 Å². The molecule has 4 aromatic rings. The number of fused-ring (bicyclic) bond motifs is 8. The summed E-state index contributed by atoms with van der Waals surface area (Å²) in [4.78, 5) is 16.6. The molecule has 0 unspecified atom stereocenters. The topological polar surface area (TPSA) is 57.4 Å². The minimum absolute atomic E-state index is 0.910. The molecule has 36 heavy (non-hydrogen) atoms. The molecule has 2 aliphatic rings. The summed E-state index contributed by atoms with van der Waals surface area (Å²) in [6.07, 6.45) is 8.17. The smallest absolute Gasteiger partial charge is 0.129 e. The third-order valence-electron chi connectivity index (χ3n) is 5.95. The zero-order valence-electron chi connectivity index (χ0n) is 20.6. The average Bonchev–Trinajstić information content (AvgIpc) is 3.63. The van der Waals surface area contributed by atoms with E-state index in [4.69, 9.17) is 9.97 Å². The van der Waals surface area contributed by atoms with E-state index in [1.807, 2.05) is 24.3 Å². The number of hydrogen-bond acceptors (Lipinski definition) is 2. The second-order valence-electron chi connectivity index (χ2n) is 10.2. The number of H-pyrrole nitrogens is 2. The van der Waals surface area contributed by atoms with Gasteiger partial charge in [-0.25, -0.2) is 9.97 Å². The predicted molar refractivity (Wildman–Crippen MR) is 155 cm³/mol. The fraction of sp³-hybridized carbons (Fsp3) is 0.0968. The van der Waals surface area contributed by atoms with Crippen LogP contribution in [0.2, 0.25) is 19.6 Å². The fourth-order valence-electron chi connectivity index (χ4n) is 4.25. The first-order valence-electron chi connectivity index (χ1n) is 12.1. The molecule has 2 aliphatic heterocycles. The van der Waals surface area contributed by atoms with Crippen molar-refractivity contribution in [3.8, 4) is 22.6 Å². The molecule has 0 saturated heterocycles. The molecule has 0 amide bonds. The van der Waals surface area contributed by atoms with Gasteiger partial charge < -0.3 is 9.97 Å². The largest absolute Gasteiger partial charge is 0.355 e. The maximum absolute atomic E-state index is 4.82.